The first-order valence-corrected chi connectivity index (χ1v) is 18.1. The minimum absolute atomic E-state index is 0.0916. The van der Waals surface area contributed by atoms with Crippen molar-refractivity contribution in [1.82, 2.24) is 37.2 Å². The van der Waals surface area contributed by atoms with Gasteiger partial charge in [-0.3, -0.25) is 49.0 Å². The summed E-state index contributed by atoms with van der Waals surface area (Å²) in [5, 5.41) is 36.4. The molecule has 7 unspecified atom stereocenters. The van der Waals surface area contributed by atoms with E-state index in [-0.39, 0.29) is 17.8 Å². The van der Waals surface area contributed by atoms with E-state index in [1.54, 1.807) is 12.1 Å². The Kier molecular flexibility index (Phi) is 19.9. The van der Waals surface area contributed by atoms with Gasteiger partial charge in [0.05, 0.1) is 4.92 Å². The van der Waals surface area contributed by atoms with Crippen molar-refractivity contribution < 1.29 is 43.6 Å². The van der Waals surface area contributed by atoms with Crippen LogP contribution >= 0.6 is 0 Å². The second-order valence-corrected chi connectivity index (χ2v) is 12.7. The summed E-state index contributed by atoms with van der Waals surface area (Å²) in [6.07, 6.45) is -9.14. The van der Waals surface area contributed by atoms with E-state index < -0.39 is 113 Å². The lowest BCUT2D eigenvalue weighted by Gasteiger charge is -2.24. The number of carbonyl (C=O) groups is 7. The van der Waals surface area contributed by atoms with E-state index in [1.165, 1.54) is 54.6 Å². The zero-order valence-corrected chi connectivity index (χ0v) is 33.7. The highest BCUT2D eigenvalue weighted by Gasteiger charge is 2.34. The van der Waals surface area contributed by atoms with E-state index in [1.807, 2.05) is 21.3 Å². The molecule has 0 aliphatic rings. The van der Waals surface area contributed by atoms with Crippen molar-refractivity contribution in [2.45, 2.75) is 43.1 Å². The molecule has 350 valence electrons. The first kappa shape index (κ1) is 52.0. The summed E-state index contributed by atoms with van der Waals surface area (Å²) in [5.74, 6) is -12.2. The molecule has 2 rings (SSSR count). The summed E-state index contributed by atoms with van der Waals surface area (Å²) in [6.45, 7) is -0.0916. The second-order valence-electron chi connectivity index (χ2n) is 12.7. The van der Waals surface area contributed by atoms with Gasteiger partial charge in [-0.2, -0.15) is 0 Å². The quantitative estimate of drug-likeness (QED) is 0.0162. The molecule has 0 saturated carbocycles. The number of aliphatic imine (C=N–C) groups is 4. The normalized spacial score (nSPS) is 13.8. The zero-order chi connectivity index (χ0) is 49.0. The summed E-state index contributed by atoms with van der Waals surface area (Å²) < 4.78 is 0. The number of amides is 7. The monoisotopic (exact) mass is 912 g/mol. The lowest BCUT2D eigenvalue weighted by molar-refractivity contribution is -0.384. The van der Waals surface area contributed by atoms with Gasteiger partial charge in [-0.15, -0.1) is 0 Å². The molecule has 0 fully saturated rings. The molecule has 28 N–H and O–H groups in total. The van der Waals surface area contributed by atoms with Crippen molar-refractivity contribution >= 4 is 77.0 Å². The van der Waals surface area contributed by atoms with Crippen LogP contribution < -0.4 is 94.6 Å². The minimum Gasteiger partial charge on any atom is -0.370 e. The molecule has 0 heterocycles. The van der Waals surface area contributed by atoms with Gasteiger partial charge in [0.25, 0.3) is 41.1 Å². The number of rotatable bonds is 23. The molecule has 7 atom stereocenters. The Labute approximate surface area is 366 Å². The Morgan fingerprint density at radius 2 is 0.985 bits per heavy atom. The third-order valence-electron chi connectivity index (χ3n) is 7.60. The highest BCUT2D eigenvalue weighted by atomic mass is 16.6. The fourth-order valence-corrected chi connectivity index (χ4v) is 4.73. The molecule has 32 nitrogen and oxygen atoms in total. The van der Waals surface area contributed by atoms with Crippen molar-refractivity contribution in [3.63, 3.8) is 0 Å². The van der Waals surface area contributed by atoms with Gasteiger partial charge >= 0.3 is 0 Å². The van der Waals surface area contributed by atoms with E-state index in [4.69, 9.17) is 57.3 Å². The number of guanidine groups is 4. The van der Waals surface area contributed by atoms with Gasteiger partial charge < -0.3 is 94.3 Å². The summed E-state index contributed by atoms with van der Waals surface area (Å²) in [5.41, 5.74) is 54.5. The predicted molar refractivity (Wildman–Crippen MR) is 230 cm³/mol. The van der Waals surface area contributed by atoms with E-state index in [0.29, 0.717) is 5.56 Å². The molecular weight excluding hydrogens is 865 g/mol. The smallest absolute Gasteiger partial charge is 0.269 e. The number of aliphatic hydroxyl groups excluding tert-OH is 1. The number of non-ortho nitro benzene ring substituents is 1. The van der Waals surface area contributed by atoms with Crippen molar-refractivity contribution in [2.75, 3.05) is 6.54 Å². The molecule has 0 aromatic heterocycles. The maximum absolute atomic E-state index is 13.8. The third kappa shape index (κ3) is 18.1. The Balaban J connectivity index is 2.32. The number of hydrogen-bond acceptors (Lipinski definition) is 16. The number of nitrogens with one attached hydrogen (secondary N) is 7. The molecule has 32 heteroatoms. The van der Waals surface area contributed by atoms with Crippen LogP contribution in [0.4, 0.5) is 5.69 Å². The van der Waals surface area contributed by atoms with Crippen LogP contribution in [0.2, 0.25) is 0 Å². The number of nitro groups is 1. The van der Waals surface area contributed by atoms with E-state index in [2.05, 4.69) is 35.9 Å². The maximum atomic E-state index is 13.8. The molecule has 0 saturated heterocycles. The highest BCUT2D eigenvalue weighted by molar-refractivity contribution is 5.99. The topological polar surface area (TPSA) is 577 Å². The van der Waals surface area contributed by atoms with E-state index >= 15 is 0 Å². The Hall–Kier alpha value is -9.17. The van der Waals surface area contributed by atoms with Crippen LogP contribution in [0.1, 0.15) is 17.2 Å². The summed E-state index contributed by atoms with van der Waals surface area (Å²) >= 11 is 0. The van der Waals surface area contributed by atoms with Crippen LogP contribution in [0, 0.1) is 10.1 Å². The molecule has 0 spiro atoms. The number of primary amides is 1. The van der Waals surface area contributed by atoms with Gasteiger partial charge in [-0.1, -0.05) is 42.5 Å². The predicted octanol–water partition coefficient (Wildman–Crippen LogP) is -9.88. The molecule has 0 radical (unpaired) electrons. The Morgan fingerprint density at radius 1 is 0.585 bits per heavy atom. The van der Waals surface area contributed by atoms with Crippen molar-refractivity contribution in [1.29, 1.82) is 0 Å². The Bertz CT molecular complexity index is 2200. The summed E-state index contributed by atoms with van der Waals surface area (Å²) in [4.78, 5) is 116. The molecule has 0 aliphatic carbocycles. The van der Waals surface area contributed by atoms with Crippen LogP contribution in [0.25, 0.3) is 6.08 Å². The first-order chi connectivity index (χ1) is 30.5. The van der Waals surface area contributed by atoms with Crippen molar-refractivity contribution in [3.05, 3.63) is 81.9 Å². The van der Waals surface area contributed by atoms with Crippen LogP contribution in [0.3, 0.4) is 0 Å². The third-order valence-corrected chi connectivity index (χ3v) is 7.60. The van der Waals surface area contributed by atoms with Crippen LogP contribution in [-0.4, -0.2) is 119 Å². The fraction of sp³-hybridized carbons (Fsp3) is 0.242. The molecule has 2 aromatic rings. The van der Waals surface area contributed by atoms with Gasteiger partial charge in [-0.05, 0) is 23.3 Å². The number of benzene rings is 2. The SMILES string of the molecule is NC(=O)C(N)NC(=O)C(N=C(N)N)NC(=O)C(N=C(N)N)NC(=O)C(N=C(N)N)NC(=O)C(N=C(N)N)NC(=O)C(NC(=O)C(O)NCC=Cc1ccc([N+](=O)[O-])cc1)c1ccccc1. The summed E-state index contributed by atoms with van der Waals surface area (Å²) in [7, 11) is 0. The van der Waals surface area contributed by atoms with Crippen molar-refractivity contribution in [3.8, 4) is 0 Å². The number of nitro benzene ring substituents is 1. The molecule has 65 heavy (non-hydrogen) atoms. The lowest BCUT2D eigenvalue weighted by Crippen LogP contribution is -2.60. The Morgan fingerprint density at radius 3 is 1.37 bits per heavy atom. The summed E-state index contributed by atoms with van der Waals surface area (Å²) in [6, 6.07) is 11.3. The van der Waals surface area contributed by atoms with E-state index in [9.17, 15) is 48.8 Å². The second kappa shape index (κ2) is 24.9. The maximum Gasteiger partial charge on any atom is 0.269 e. The minimum atomic E-state index is -2.20. The van der Waals surface area contributed by atoms with Gasteiger partial charge in [0.2, 0.25) is 30.6 Å². The van der Waals surface area contributed by atoms with Crippen LogP contribution in [0.5, 0.6) is 0 Å². The molecule has 0 aliphatic heterocycles. The zero-order valence-electron chi connectivity index (χ0n) is 33.7. The molecular formula is C33H48N22O10. The number of hydrogen-bond donors (Lipinski definition) is 18. The molecule has 0 bridgehead atoms. The molecule has 2 aromatic carbocycles. The average molecular weight is 913 g/mol. The number of nitrogens with zero attached hydrogens (tertiary/aromatic N) is 5. The number of carbonyl (C=O) groups excluding carboxylic acids is 7. The van der Waals surface area contributed by atoms with Gasteiger partial charge in [-0.25, -0.2) is 20.0 Å². The van der Waals surface area contributed by atoms with Crippen molar-refractivity contribution in [2.24, 2.45) is 77.3 Å². The van der Waals surface area contributed by atoms with Gasteiger partial charge in [0, 0.05) is 18.7 Å². The number of aliphatic hydroxyl groups is 1. The highest BCUT2D eigenvalue weighted by Crippen LogP contribution is 2.15. The van der Waals surface area contributed by atoms with Crippen LogP contribution in [0.15, 0.2) is 80.6 Å². The standard InChI is InChI=1S/C33H48N22O10/c34-17(18(35)56)46-24(58)19(51-30(36)37)48-26(60)21(53-32(40)41)50-27(61)22(54-33(42)43)49-25(59)20(52-31(38)39)47-23(57)16(14-6-2-1-3-7-14)45-29(63)28(62)44-12-4-5-13-8-10-15(11-9-13)55(64)65/h1-11,16-17,19-22,28,44,62H,12,34H2,(H2,35,56)(H,45,63)(H,46,58)(H,47,57)(H,48,60)(H,49,59)(H,50,61)(H4,36,37,51)(H4,38,39,52)(H4,40,41,53)(H4,42,43,54). The largest absolute Gasteiger partial charge is 0.370 e. The molecule has 7 amide bonds. The lowest BCUT2D eigenvalue weighted by atomic mass is 10.1. The van der Waals surface area contributed by atoms with E-state index in [0.717, 1.165) is 0 Å². The number of nitrogens with two attached hydrogens (primary N) is 10. The first-order valence-electron chi connectivity index (χ1n) is 18.1. The van der Waals surface area contributed by atoms with Crippen LogP contribution in [-0.2, 0) is 33.6 Å². The average Bonchev–Trinajstić information content (AvgIpc) is 3.22. The fourth-order valence-electron chi connectivity index (χ4n) is 4.73. The van der Waals surface area contributed by atoms with Gasteiger partial charge in [0.1, 0.15) is 6.04 Å². The van der Waals surface area contributed by atoms with Gasteiger partial charge in [0.15, 0.2) is 36.2 Å².